The Morgan fingerprint density at radius 3 is 2.68 bits per heavy atom. The molecule has 1 aromatic carbocycles. The van der Waals surface area contributed by atoms with Gasteiger partial charge in [0.1, 0.15) is 5.75 Å². The summed E-state index contributed by atoms with van der Waals surface area (Å²) in [5, 5.41) is 13.3. The summed E-state index contributed by atoms with van der Waals surface area (Å²) < 4.78 is 5.48. The second kappa shape index (κ2) is 4.86. The van der Waals surface area contributed by atoms with Gasteiger partial charge in [-0.1, -0.05) is 17.7 Å². The number of nitriles is 1. The molecule has 0 amide bonds. The molecule has 0 radical (unpaired) electrons. The van der Waals surface area contributed by atoms with Crippen LogP contribution in [0.5, 0.6) is 5.75 Å². The maximum atomic E-state index is 9.80. The van der Waals surface area contributed by atoms with Crippen LogP contribution in [0.25, 0.3) is 0 Å². The predicted octanol–water partition coefficient (Wildman–Crippen LogP) is 2.93. The van der Waals surface area contributed by atoms with Gasteiger partial charge in [-0.15, -0.1) is 0 Å². The molecule has 1 aromatic rings. The fourth-order valence-corrected chi connectivity index (χ4v) is 3.10. The Kier molecular flexibility index (Phi) is 3.56. The Bertz CT molecular complexity index is 516. The third-order valence-electron chi connectivity index (χ3n) is 3.98. The van der Waals surface area contributed by atoms with E-state index < -0.39 is 5.41 Å². The van der Waals surface area contributed by atoms with E-state index in [-0.39, 0.29) is 5.54 Å². The summed E-state index contributed by atoms with van der Waals surface area (Å²) in [6, 6.07) is 8.67. The molecule has 0 bridgehead atoms. The normalized spacial score (nSPS) is 25.6. The van der Waals surface area contributed by atoms with E-state index >= 15 is 0 Å². The van der Waals surface area contributed by atoms with Crippen molar-refractivity contribution in [1.29, 1.82) is 5.26 Å². The number of nitrogens with zero attached hydrogens (tertiary/aromatic N) is 1. The zero-order chi connectivity index (χ0) is 14.1. The van der Waals surface area contributed by atoms with Gasteiger partial charge in [0.2, 0.25) is 0 Å². The van der Waals surface area contributed by atoms with Crippen LogP contribution in [0, 0.1) is 18.3 Å². The first-order chi connectivity index (χ1) is 8.92. The minimum Gasteiger partial charge on any atom is -0.496 e. The molecule has 0 saturated carbocycles. The van der Waals surface area contributed by atoms with Crippen molar-refractivity contribution in [1.82, 2.24) is 5.32 Å². The van der Waals surface area contributed by atoms with Crippen molar-refractivity contribution in [3.8, 4) is 11.8 Å². The summed E-state index contributed by atoms with van der Waals surface area (Å²) in [4.78, 5) is 0. The van der Waals surface area contributed by atoms with Crippen LogP contribution in [0.15, 0.2) is 18.2 Å². The van der Waals surface area contributed by atoms with Crippen LogP contribution in [0.3, 0.4) is 0 Å². The van der Waals surface area contributed by atoms with Crippen LogP contribution < -0.4 is 10.1 Å². The summed E-state index contributed by atoms with van der Waals surface area (Å²) in [7, 11) is 1.67. The first-order valence-electron chi connectivity index (χ1n) is 6.74. The highest BCUT2D eigenvalue weighted by Crippen LogP contribution is 2.42. The number of ether oxygens (including phenoxy) is 1. The number of benzene rings is 1. The summed E-state index contributed by atoms with van der Waals surface area (Å²) in [6.45, 7) is 7.22. The second-order valence-corrected chi connectivity index (χ2v) is 6.14. The third kappa shape index (κ3) is 2.59. The molecule has 1 aliphatic heterocycles. The molecule has 3 heteroatoms. The minimum absolute atomic E-state index is 0.0251. The van der Waals surface area contributed by atoms with Gasteiger partial charge in [-0.3, -0.25) is 0 Å². The maximum Gasteiger partial charge on any atom is 0.123 e. The lowest BCUT2D eigenvalue weighted by Crippen LogP contribution is -2.52. The van der Waals surface area contributed by atoms with Gasteiger partial charge >= 0.3 is 0 Å². The molecule has 1 saturated heterocycles. The lowest BCUT2D eigenvalue weighted by Gasteiger charge is -2.42. The lowest BCUT2D eigenvalue weighted by molar-refractivity contribution is 0.229. The number of hydrogen-bond acceptors (Lipinski definition) is 3. The van der Waals surface area contributed by atoms with Crippen LogP contribution in [0.4, 0.5) is 0 Å². The molecule has 1 heterocycles. The topological polar surface area (TPSA) is 45.0 Å². The van der Waals surface area contributed by atoms with Gasteiger partial charge in [-0.25, -0.2) is 0 Å². The van der Waals surface area contributed by atoms with E-state index in [2.05, 4.69) is 38.2 Å². The molecular weight excluding hydrogens is 236 g/mol. The highest BCUT2D eigenvalue weighted by Gasteiger charge is 2.43. The van der Waals surface area contributed by atoms with E-state index in [1.807, 2.05) is 12.1 Å². The molecule has 1 atom stereocenters. The van der Waals surface area contributed by atoms with E-state index in [1.54, 1.807) is 7.11 Å². The Morgan fingerprint density at radius 2 is 2.11 bits per heavy atom. The highest BCUT2D eigenvalue weighted by molar-refractivity contribution is 5.47. The number of hydrogen-bond donors (Lipinski definition) is 1. The van der Waals surface area contributed by atoms with Crippen molar-refractivity contribution in [2.45, 2.75) is 44.6 Å². The Balaban J connectivity index is 2.53. The van der Waals surface area contributed by atoms with Crippen molar-refractivity contribution < 1.29 is 4.74 Å². The first kappa shape index (κ1) is 13.9. The van der Waals surface area contributed by atoms with Crippen LogP contribution >= 0.6 is 0 Å². The van der Waals surface area contributed by atoms with Gasteiger partial charge in [0.15, 0.2) is 0 Å². The number of methoxy groups -OCH3 is 1. The molecule has 1 N–H and O–H groups in total. The molecular formula is C16H22N2O. The van der Waals surface area contributed by atoms with Gasteiger partial charge in [-0.2, -0.15) is 5.26 Å². The van der Waals surface area contributed by atoms with Crippen LogP contribution in [0.2, 0.25) is 0 Å². The Labute approximate surface area is 115 Å². The summed E-state index contributed by atoms with van der Waals surface area (Å²) in [6.07, 6.45) is 1.63. The SMILES string of the molecule is COc1ccc(C)cc1C1(C#N)CCNC(C)(C)C1. The molecule has 1 unspecified atom stereocenters. The van der Waals surface area contributed by atoms with Crippen molar-refractivity contribution >= 4 is 0 Å². The Morgan fingerprint density at radius 1 is 1.37 bits per heavy atom. The molecule has 0 spiro atoms. The van der Waals surface area contributed by atoms with Crippen molar-refractivity contribution in [3.63, 3.8) is 0 Å². The van der Waals surface area contributed by atoms with Crippen LogP contribution in [0.1, 0.15) is 37.8 Å². The number of aryl methyl sites for hydroxylation is 1. The molecule has 0 aromatic heterocycles. The average molecular weight is 258 g/mol. The van der Waals surface area contributed by atoms with Crippen molar-refractivity contribution in [3.05, 3.63) is 29.3 Å². The third-order valence-corrected chi connectivity index (χ3v) is 3.98. The largest absolute Gasteiger partial charge is 0.496 e. The monoisotopic (exact) mass is 258 g/mol. The summed E-state index contributed by atoms with van der Waals surface area (Å²) >= 11 is 0. The quantitative estimate of drug-likeness (QED) is 0.887. The summed E-state index contributed by atoms with van der Waals surface area (Å²) in [5.74, 6) is 0.824. The van der Waals surface area contributed by atoms with Gasteiger partial charge < -0.3 is 10.1 Å². The van der Waals surface area contributed by atoms with Gasteiger partial charge in [0, 0.05) is 11.1 Å². The number of rotatable bonds is 2. The molecule has 19 heavy (non-hydrogen) atoms. The van der Waals surface area contributed by atoms with E-state index in [9.17, 15) is 5.26 Å². The first-order valence-corrected chi connectivity index (χ1v) is 6.74. The van der Waals surface area contributed by atoms with Gasteiger partial charge in [-0.05, 0) is 46.2 Å². The molecule has 2 rings (SSSR count). The van der Waals surface area contributed by atoms with Crippen LogP contribution in [-0.4, -0.2) is 19.2 Å². The van der Waals surface area contributed by atoms with Gasteiger partial charge in [0.25, 0.3) is 0 Å². The second-order valence-electron chi connectivity index (χ2n) is 6.14. The number of nitrogens with one attached hydrogen (secondary N) is 1. The smallest absolute Gasteiger partial charge is 0.123 e. The zero-order valence-electron chi connectivity index (χ0n) is 12.2. The number of piperidine rings is 1. The Hall–Kier alpha value is -1.53. The van der Waals surface area contributed by atoms with Gasteiger partial charge in [0.05, 0.1) is 18.6 Å². The van der Waals surface area contributed by atoms with E-state index in [4.69, 9.17) is 4.74 Å². The van der Waals surface area contributed by atoms with Crippen molar-refractivity contribution in [2.24, 2.45) is 0 Å². The molecule has 3 nitrogen and oxygen atoms in total. The minimum atomic E-state index is -0.452. The fourth-order valence-electron chi connectivity index (χ4n) is 3.10. The standard InChI is InChI=1S/C16H22N2O/c1-12-5-6-14(19-4)13(9-12)16(11-17)7-8-18-15(2,3)10-16/h5-6,9,18H,7-8,10H2,1-4H3. The van der Waals surface area contributed by atoms with E-state index in [0.717, 1.165) is 30.7 Å². The lowest BCUT2D eigenvalue weighted by atomic mass is 9.68. The summed E-state index contributed by atoms with van der Waals surface area (Å²) in [5.41, 5.74) is 1.73. The predicted molar refractivity (Wildman–Crippen MR) is 76.3 cm³/mol. The van der Waals surface area contributed by atoms with E-state index in [1.165, 1.54) is 5.56 Å². The van der Waals surface area contributed by atoms with Crippen molar-refractivity contribution in [2.75, 3.05) is 13.7 Å². The average Bonchev–Trinajstić information content (AvgIpc) is 2.37. The molecule has 1 aliphatic rings. The van der Waals surface area contributed by atoms with Crippen LogP contribution in [-0.2, 0) is 5.41 Å². The molecule has 0 aliphatic carbocycles. The highest BCUT2D eigenvalue weighted by atomic mass is 16.5. The van der Waals surface area contributed by atoms with E-state index in [0.29, 0.717) is 0 Å². The zero-order valence-corrected chi connectivity index (χ0v) is 12.2. The molecule has 102 valence electrons. The maximum absolute atomic E-state index is 9.80. The molecule has 1 fully saturated rings. The fraction of sp³-hybridized carbons (Fsp3) is 0.562.